The number of nitrogens with zero attached hydrogens (tertiary/aromatic N) is 2. The summed E-state index contributed by atoms with van der Waals surface area (Å²) >= 11 is 0. The number of nitrogens with two attached hydrogens (primary N) is 1. The van der Waals surface area contributed by atoms with E-state index in [9.17, 15) is 0 Å². The summed E-state index contributed by atoms with van der Waals surface area (Å²) in [5, 5.41) is 0. The Labute approximate surface area is 95.6 Å². The maximum atomic E-state index is 5.98. The van der Waals surface area contributed by atoms with Crippen LogP contribution in [0.15, 0.2) is 0 Å². The second-order valence-electron chi connectivity index (χ2n) is 5.33. The number of hydrogen-bond donors (Lipinski definition) is 1. The van der Waals surface area contributed by atoms with Crippen molar-refractivity contribution in [3.8, 4) is 0 Å². The summed E-state index contributed by atoms with van der Waals surface area (Å²) < 4.78 is 0. The monoisotopic (exact) mass is 215 g/mol. The van der Waals surface area contributed by atoms with Crippen LogP contribution in [0.5, 0.6) is 0 Å². The Bertz CT molecular complexity index is 149. The average Bonchev–Trinajstić information content (AvgIpc) is 2.08. The lowest BCUT2D eigenvalue weighted by atomic mass is 10.0. The van der Waals surface area contributed by atoms with Gasteiger partial charge in [-0.15, -0.1) is 0 Å². The van der Waals surface area contributed by atoms with E-state index in [1.807, 2.05) is 0 Å². The quantitative estimate of drug-likeness (QED) is 0.664. The molecule has 0 aromatic carbocycles. The highest BCUT2D eigenvalue weighted by atomic mass is 15.1. The van der Waals surface area contributed by atoms with E-state index in [2.05, 4.69) is 44.7 Å². The molecule has 0 aliphatic rings. The van der Waals surface area contributed by atoms with Crippen LogP contribution in [0.2, 0.25) is 0 Å². The number of rotatable bonds is 8. The van der Waals surface area contributed by atoms with Crippen molar-refractivity contribution in [2.24, 2.45) is 5.73 Å². The lowest BCUT2D eigenvalue weighted by molar-refractivity contribution is 0.245. The van der Waals surface area contributed by atoms with Gasteiger partial charge in [-0.25, -0.2) is 0 Å². The van der Waals surface area contributed by atoms with E-state index < -0.39 is 0 Å². The third kappa shape index (κ3) is 10.2. The Kier molecular flexibility index (Phi) is 7.14. The standard InChI is InChI=1S/C12H29N3/c1-6-15(10-7-9-14(4)5)11-8-12(2,3)13/h6-11,13H2,1-5H3. The zero-order valence-corrected chi connectivity index (χ0v) is 11.2. The fraction of sp³-hybridized carbons (Fsp3) is 1.00. The second-order valence-corrected chi connectivity index (χ2v) is 5.33. The SMILES string of the molecule is CCN(CCCN(C)C)CCC(C)(C)N. The van der Waals surface area contributed by atoms with Crippen LogP contribution in [0, 0.1) is 0 Å². The van der Waals surface area contributed by atoms with Gasteiger partial charge in [-0.2, -0.15) is 0 Å². The van der Waals surface area contributed by atoms with Gasteiger partial charge in [0.15, 0.2) is 0 Å². The van der Waals surface area contributed by atoms with Crippen molar-refractivity contribution >= 4 is 0 Å². The predicted molar refractivity (Wildman–Crippen MR) is 68.2 cm³/mol. The minimum atomic E-state index is -0.0328. The van der Waals surface area contributed by atoms with E-state index in [4.69, 9.17) is 5.73 Å². The summed E-state index contributed by atoms with van der Waals surface area (Å²) in [6.07, 6.45) is 2.31. The van der Waals surface area contributed by atoms with Gasteiger partial charge in [0.05, 0.1) is 0 Å². The molecule has 3 heteroatoms. The molecule has 0 radical (unpaired) electrons. The molecule has 0 amide bonds. The molecule has 0 heterocycles. The molecule has 0 bridgehead atoms. The first-order valence-electron chi connectivity index (χ1n) is 6.01. The molecule has 92 valence electrons. The van der Waals surface area contributed by atoms with Crippen LogP contribution in [0.25, 0.3) is 0 Å². The molecule has 15 heavy (non-hydrogen) atoms. The molecule has 0 spiro atoms. The van der Waals surface area contributed by atoms with Gasteiger partial charge in [0.2, 0.25) is 0 Å². The Morgan fingerprint density at radius 1 is 1.07 bits per heavy atom. The molecule has 0 atom stereocenters. The lowest BCUT2D eigenvalue weighted by Gasteiger charge is -2.26. The van der Waals surface area contributed by atoms with E-state index in [-0.39, 0.29) is 5.54 Å². The van der Waals surface area contributed by atoms with Gasteiger partial charge in [0.1, 0.15) is 0 Å². The highest BCUT2D eigenvalue weighted by molar-refractivity contribution is 4.73. The van der Waals surface area contributed by atoms with Gasteiger partial charge in [0, 0.05) is 5.54 Å². The zero-order chi connectivity index (χ0) is 11.9. The summed E-state index contributed by atoms with van der Waals surface area (Å²) in [7, 11) is 4.25. The molecule has 0 saturated carbocycles. The molecule has 0 saturated heterocycles. The molecule has 0 unspecified atom stereocenters. The van der Waals surface area contributed by atoms with Crippen molar-refractivity contribution in [1.29, 1.82) is 0 Å². The van der Waals surface area contributed by atoms with Crippen LogP contribution in [-0.2, 0) is 0 Å². The molecular formula is C12H29N3. The van der Waals surface area contributed by atoms with Gasteiger partial charge in [0.25, 0.3) is 0 Å². The van der Waals surface area contributed by atoms with Gasteiger partial charge < -0.3 is 15.5 Å². The van der Waals surface area contributed by atoms with Crippen molar-refractivity contribution < 1.29 is 0 Å². The van der Waals surface area contributed by atoms with Crippen LogP contribution in [0.3, 0.4) is 0 Å². The Morgan fingerprint density at radius 2 is 1.67 bits per heavy atom. The number of hydrogen-bond acceptors (Lipinski definition) is 3. The van der Waals surface area contributed by atoms with Gasteiger partial charge in [-0.1, -0.05) is 6.92 Å². The molecule has 0 aromatic heterocycles. The van der Waals surface area contributed by atoms with E-state index in [1.54, 1.807) is 0 Å². The van der Waals surface area contributed by atoms with Crippen molar-refractivity contribution in [1.82, 2.24) is 9.80 Å². The maximum Gasteiger partial charge on any atom is 0.0109 e. The lowest BCUT2D eigenvalue weighted by Crippen LogP contribution is -2.38. The van der Waals surface area contributed by atoms with Gasteiger partial charge >= 0.3 is 0 Å². The van der Waals surface area contributed by atoms with Gasteiger partial charge in [-0.05, 0) is 67.0 Å². The summed E-state index contributed by atoms with van der Waals surface area (Å²) in [5.41, 5.74) is 5.95. The molecule has 2 N–H and O–H groups in total. The maximum absolute atomic E-state index is 5.98. The van der Waals surface area contributed by atoms with Crippen molar-refractivity contribution in [2.45, 2.75) is 39.2 Å². The fourth-order valence-corrected chi connectivity index (χ4v) is 1.48. The molecule has 0 aliphatic heterocycles. The molecule has 0 aromatic rings. The molecular weight excluding hydrogens is 186 g/mol. The van der Waals surface area contributed by atoms with E-state index in [0.29, 0.717) is 0 Å². The summed E-state index contributed by atoms with van der Waals surface area (Å²) in [6.45, 7) is 11.0. The van der Waals surface area contributed by atoms with Crippen molar-refractivity contribution in [3.05, 3.63) is 0 Å². The van der Waals surface area contributed by atoms with E-state index >= 15 is 0 Å². The van der Waals surface area contributed by atoms with Crippen molar-refractivity contribution in [3.63, 3.8) is 0 Å². The fourth-order valence-electron chi connectivity index (χ4n) is 1.48. The first kappa shape index (κ1) is 14.9. The molecule has 0 rings (SSSR count). The van der Waals surface area contributed by atoms with Gasteiger partial charge in [-0.3, -0.25) is 0 Å². The molecule has 3 nitrogen and oxygen atoms in total. The Balaban J connectivity index is 3.64. The Morgan fingerprint density at radius 3 is 2.07 bits per heavy atom. The third-order valence-electron chi connectivity index (χ3n) is 2.60. The summed E-state index contributed by atoms with van der Waals surface area (Å²) in [4.78, 5) is 4.72. The van der Waals surface area contributed by atoms with E-state index in [1.165, 1.54) is 19.5 Å². The second kappa shape index (κ2) is 7.20. The minimum absolute atomic E-state index is 0.0328. The van der Waals surface area contributed by atoms with Crippen LogP contribution in [-0.4, -0.2) is 55.6 Å². The van der Waals surface area contributed by atoms with E-state index in [0.717, 1.165) is 19.5 Å². The molecule has 0 aliphatic carbocycles. The zero-order valence-electron chi connectivity index (χ0n) is 11.2. The Hall–Kier alpha value is -0.120. The molecule has 0 fully saturated rings. The normalized spacial score (nSPS) is 12.8. The summed E-state index contributed by atoms with van der Waals surface area (Å²) in [5.74, 6) is 0. The average molecular weight is 215 g/mol. The minimum Gasteiger partial charge on any atom is -0.326 e. The first-order valence-corrected chi connectivity index (χ1v) is 6.01. The third-order valence-corrected chi connectivity index (χ3v) is 2.60. The highest BCUT2D eigenvalue weighted by Gasteiger charge is 2.12. The highest BCUT2D eigenvalue weighted by Crippen LogP contribution is 2.05. The largest absolute Gasteiger partial charge is 0.326 e. The van der Waals surface area contributed by atoms with Crippen LogP contribution in [0.1, 0.15) is 33.6 Å². The van der Waals surface area contributed by atoms with Crippen LogP contribution < -0.4 is 5.73 Å². The van der Waals surface area contributed by atoms with Crippen LogP contribution >= 0.6 is 0 Å². The topological polar surface area (TPSA) is 32.5 Å². The first-order chi connectivity index (χ1) is 6.85. The summed E-state index contributed by atoms with van der Waals surface area (Å²) in [6, 6.07) is 0. The van der Waals surface area contributed by atoms with Crippen LogP contribution in [0.4, 0.5) is 0 Å². The predicted octanol–water partition coefficient (Wildman–Crippen LogP) is 1.39. The smallest absolute Gasteiger partial charge is 0.0109 e. The van der Waals surface area contributed by atoms with Crippen molar-refractivity contribution in [2.75, 3.05) is 40.3 Å².